The first-order valence-corrected chi connectivity index (χ1v) is 13.2. The van der Waals surface area contributed by atoms with E-state index in [1.54, 1.807) is 0 Å². The highest BCUT2D eigenvalue weighted by atomic mass is 16.5. The zero-order chi connectivity index (χ0) is 27.9. The van der Waals surface area contributed by atoms with Gasteiger partial charge in [0.15, 0.2) is 0 Å². The minimum Gasteiger partial charge on any atom is -0.494 e. The summed E-state index contributed by atoms with van der Waals surface area (Å²) in [4.78, 5) is 22.1. The number of esters is 2. The summed E-state index contributed by atoms with van der Waals surface area (Å²) in [6.45, 7) is 10.7. The average Bonchev–Trinajstić information content (AvgIpc) is 2.97. The molecule has 0 amide bonds. The number of hydrogen-bond donors (Lipinski definition) is 0. The summed E-state index contributed by atoms with van der Waals surface area (Å²) in [5.74, 6) is 0.837. The molecule has 0 bridgehead atoms. The SMILES string of the molecule is C=CC(=O)OCCCCOc1ccc(-c2ccc(-c3ccc(OCCCCOC(=O)C=C)cc3)c(C)c2)cc1. The largest absolute Gasteiger partial charge is 0.494 e. The normalized spacial score (nSPS) is 10.4. The topological polar surface area (TPSA) is 71.1 Å². The summed E-state index contributed by atoms with van der Waals surface area (Å²) in [6, 6.07) is 22.6. The van der Waals surface area contributed by atoms with Crippen LogP contribution in [0.25, 0.3) is 22.3 Å². The van der Waals surface area contributed by atoms with Gasteiger partial charge in [-0.3, -0.25) is 0 Å². The molecule has 204 valence electrons. The van der Waals surface area contributed by atoms with Gasteiger partial charge in [-0.2, -0.15) is 0 Å². The van der Waals surface area contributed by atoms with Crippen LogP contribution in [-0.4, -0.2) is 38.4 Å². The van der Waals surface area contributed by atoms with E-state index in [4.69, 9.17) is 18.9 Å². The zero-order valence-corrected chi connectivity index (χ0v) is 22.5. The van der Waals surface area contributed by atoms with Crippen molar-refractivity contribution < 1.29 is 28.5 Å². The van der Waals surface area contributed by atoms with E-state index in [9.17, 15) is 9.59 Å². The molecular formula is C33H36O6. The second kappa shape index (κ2) is 15.8. The number of benzene rings is 3. The summed E-state index contributed by atoms with van der Waals surface area (Å²) in [5, 5.41) is 0. The van der Waals surface area contributed by atoms with Crippen LogP contribution in [0.3, 0.4) is 0 Å². The van der Waals surface area contributed by atoms with Crippen molar-refractivity contribution in [2.45, 2.75) is 32.6 Å². The van der Waals surface area contributed by atoms with E-state index >= 15 is 0 Å². The quantitative estimate of drug-likeness (QED) is 0.112. The van der Waals surface area contributed by atoms with Gasteiger partial charge < -0.3 is 18.9 Å². The highest BCUT2D eigenvalue weighted by Gasteiger charge is 2.06. The van der Waals surface area contributed by atoms with E-state index in [1.165, 1.54) is 23.3 Å². The van der Waals surface area contributed by atoms with Crippen molar-refractivity contribution in [2.24, 2.45) is 0 Å². The fourth-order valence-corrected chi connectivity index (χ4v) is 3.89. The zero-order valence-electron chi connectivity index (χ0n) is 22.5. The van der Waals surface area contributed by atoms with Crippen molar-refractivity contribution in [3.05, 3.63) is 97.6 Å². The maximum absolute atomic E-state index is 11.0. The Kier molecular flexibility index (Phi) is 11.9. The third-order valence-corrected chi connectivity index (χ3v) is 6.02. The lowest BCUT2D eigenvalue weighted by molar-refractivity contribution is -0.138. The van der Waals surface area contributed by atoms with Crippen LogP contribution in [0.4, 0.5) is 0 Å². The number of aryl methyl sites for hydroxylation is 1. The third-order valence-electron chi connectivity index (χ3n) is 6.02. The van der Waals surface area contributed by atoms with Gasteiger partial charge in [-0.15, -0.1) is 0 Å². The lowest BCUT2D eigenvalue weighted by atomic mass is 9.96. The summed E-state index contributed by atoms with van der Waals surface area (Å²) in [6.07, 6.45) is 5.43. The van der Waals surface area contributed by atoms with Gasteiger partial charge in [0.2, 0.25) is 0 Å². The number of unbranched alkanes of at least 4 members (excludes halogenated alkanes) is 2. The van der Waals surface area contributed by atoms with Gasteiger partial charge in [-0.25, -0.2) is 9.59 Å². The van der Waals surface area contributed by atoms with Crippen LogP contribution < -0.4 is 9.47 Å². The molecule has 6 nitrogen and oxygen atoms in total. The van der Waals surface area contributed by atoms with E-state index < -0.39 is 11.9 Å². The molecule has 3 aromatic rings. The lowest BCUT2D eigenvalue weighted by Gasteiger charge is -2.12. The van der Waals surface area contributed by atoms with E-state index in [1.807, 2.05) is 24.3 Å². The fourth-order valence-electron chi connectivity index (χ4n) is 3.89. The van der Waals surface area contributed by atoms with Crippen LogP contribution in [0.2, 0.25) is 0 Å². The number of rotatable bonds is 16. The molecule has 0 N–H and O–H groups in total. The van der Waals surface area contributed by atoms with Gasteiger partial charge in [0.1, 0.15) is 11.5 Å². The summed E-state index contributed by atoms with van der Waals surface area (Å²) >= 11 is 0. The molecule has 0 fully saturated rings. The Balaban J connectivity index is 1.46. The predicted molar refractivity (Wildman–Crippen MR) is 154 cm³/mol. The van der Waals surface area contributed by atoms with Crippen LogP contribution in [0, 0.1) is 6.92 Å². The number of hydrogen-bond acceptors (Lipinski definition) is 6. The van der Waals surface area contributed by atoms with Gasteiger partial charge in [0.25, 0.3) is 0 Å². The highest BCUT2D eigenvalue weighted by molar-refractivity contribution is 5.81. The molecule has 0 radical (unpaired) electrons. The van der Waals surface area contributed by atoms with Gasteiger partial charge in [0.05, 0.1) is 26.4 Å². The minimum atomic E-state index is -0.396. The first-order valence-electron chi connectivity index (χ1n) is 13.2. The van der Waals surface area contributed by atoms with Crippen molar-refractivity contribution in [1.29, 1.82) is 0 Å². The standard InChI is InChI=1S/C33H36O6/c1-4-32(34)38-22-8-6-20-36-29-15-10-26(11-16-29)28-14-19-31(25(3)24-28)27-12-17-30(18-13-27)37-21-7-9-23-39-33(35)5-2/h4-5,10-19,24H,1-2,6-9,20-23H2,3H3. The molecular weight excluding hydrogens is 492 g/mol. The van der Waals surface area contributed by atoms with E-state index in [0.29, 0.717) is 26.4 Å². The van der Waals surface area contributed by atoms with Crippen molar-refractivity contribution in [1.82, 2.24) is 0 Å². The summed E-state index contributed by atoms with van der Waals surface area (Å²) in [5.41, 5.74) is 5.76. The van der Waals surface area contributed by atoms with E-state index in [-0.39, 0.29) is 0 Å². The highest BCUT2D eigenvalue weighted by Crippen LogP contribution is 2.30. The van der Waals surface area contributed by atoms with E-state index in [0.717, 1.165) is 53.9 Å². The molecule has 39 heavy (non-hydrogen) atoms. The Morgan fingerprint density at radius 3 is 1.51 bits per heavy atom. The summed E-state index contributed by atoms with van der Waals surface area (Å²) in [7, 11) is 0. The van der Waals surface area contributed by atoms with Crippen molar-refractivity contribution >= 4 is 11.9 Å². The molecule has 0 aliphatic rings. The first-order chi connectivity index (χ1) is 19.0. The second-order valence-electron chi connectivity index (χ2n) is 8.93. The molecule has 0 aromatic heterocycles. The molecule has 0 spiro atoms. The smallest absolute Gasteiger partial charge is 0.330 e. The Morgan fingerprint density at radius 2 is 1.05 bits per heavy atom. The molecule has 3 aromatic carbocycles. The third kappa shape index (κ3) is 9.82. The van der Waals surface area contributed by atoms with Gasteiger partial charge in [0, 0.05) is 12.2 Å². The Bertz CT molecular complexity index is 1230. The van der Waals surface area contributed by atoms with Gasteiger partial charge in [-0.05, 0) is 84.7 Å². The maximum Gasteiger partial charge on any atom is 0.330 e. The Hall–Kier alpha value is -4.32. The van der Waals surface area contributed by atoms with Crippen LogP contribution in [0.1, 0.15) is 31.2 Å². The van der Waals surface area contributed by atoms with Gasteiger partial charge in [-0.1, -0.05) is 55.6 Å². The van der Waals surface area contributed by atoms with Crippen LogP contribution >= 0.6 is 0 Å². The average molecular weight is 529 g/mol. The fraction of sp³-hybridized carbons (Fsp3) is 0.273. The molecule has 0 aliphatic carbocycles. The van der Waals surface area contributed by atoms with Crippen molar-refractivity contribution in [3.63, 3.8) is 0 Å². The van der Waals surface area contributed by atoms with Crippen molar-refractivity contribution in [2.75, 3.05) is 26.4 Å². The number of carbonyl (C=O) groups is 2. The number of carbonyl (C=O) groups excluding carboxylic acids is 2. The monoisotopic (exact) mass is 528 g/mol. The van der Waals surface area contributed by atoms with Gasteiger partial charge >= 0.3 is 11.9 Å². The Morgan fingerprint density at radius 1 is 0.615 bits per heavy atom. The molecule has 0 atom stereocenters. The minimum absolute atomic E-state index is 0.373. The van der Waals surface area contributed by atoms with Crippen LogP contribution in [0.15, 0.2) is 92.0 Å². The molecule has 0 unspecified atom stereocenters. The molecule has 3 rings (SSSR count). The lowest BCUT2D eigenvalue weighted by Crippen LogP contribution is -2.04. The molecule has 0 saturated carbocycles. The van der Waals surface area contributed by atoms with Crippen LogP contribution in [0.5, 0.6) is 11.5 Å². The van der Waals surface area contributed by atoms with E-state index in [2.05, 4.69) is 62.5 Å². The van der Waals surface area contributed by atoms with Crippen LogP contribution in [-0.2, 0) is 19.1 Å². The molecule has 6 heteroatoms. The summed E-state index contributed by atoms with van der Waals surface area (Å²) < 4.78 is 21.5. The Labute approximate surface area is 230 Å². The van der Waals surface area contributed by atoms with Crippen molar-refractivity contribution in [3.8, 4) is 33.8 Å². The second-order valence-corrected chi connectivity index (χ2v) is 8.93. The molecule has 0 heterocycles. The predicted octanol–water partition coefficient (Wildman–Crippen LogP) is 7.11. The first kappa shape index (κ1) is 29.2. The molecule has 0 aliphatic heterocycles. The number of ether oxygens (including phenoxy) is 4. The maximum atomic E-state index is 11.0. The molecule has 0 saturated heterocycles.